The average molecular weight is 277 g/mol. The second-order valence-corrected chi connectivity index (χ2v) is 4.87. The Morgan fingerprint density at radius 2 is 1.52 bits per heavy atom. The van der Waals surface area contributed by atoms with Gasteiger partial charge in [-0.05, 0) is 24.6 Å². The molecule has 2 aromatic carbocycles. The van der Waals surface area contributed by atoms with E-state index in [0.717, 1.165) is 16.8 Å². The SMILES string of the molecule is CC(=O)c1c(-c2ccccc2)cn(-c2ccccc2)c1O. The lowest BCUT2D eigenvalue weighted by Crippen LogP contribution is -1.95. The summed E-state index contributed by atoms with van der Waals surface area (Å²) in [6.45, 7) is 1.47. The third-order valence-electron chi connectivity index (χ3n) is 3.45. The highest BCUT2D eigenvalue weighted by Gasteiger charge is 2.20. The van der Waals surface area contributed by atoms with Crippen molar-refractivity contribution < 1.29 is 9.90 Å². The smallest absolute Gasteiger partial charge is 0.207 e. The van der Waals surface area contributed by atoms with E-state index in [1.807, 2.05) is 60.7 Å². The molecule has 1 N–H and O–H groups in total. The summed E-state index contributed by atoms with van der Waals surface area (Å²) >= 11 is 0. The van der Waals surface area contributed by atoms with Gasteiger partial charge in [-0.25, -0.2) is 0 Å². The first-order chi connectivity index (χ1) is 10.2. The molecule has 0 aliphatic carbocycles. The molecule has 0 fully saturated rings. The van der Waals surface area contributed by atoms with Crippen molar-refractivity contribution >= 4 is 5.78 Å². The molecule has 1 heterocycles. The van der Waals surface area contributed by atoms with Crippen molar-refractivity contribution in [3.05, 3.63) is 72.4 Å². The van der Waals surface area contributed by atoms with Crippen LogP contribution in [0.15, 0.2) is 66.9 Å². The van der Waals surface area contributed by atoms with Crippen molar-refractivity contribution in [3.63, 3.8) is 0 Å². The van der Waals surface area contributed by atoms with E-state index in [4.69, 9.17) is 0 Å². The molecule has 3 aromatic rings. The van der Waals surface area contributed by atoms with Gasteiger partial charge in [-0.15, -0.1) is 0 Å². The number of hydrogen-bond donors (Lipinski definition) is 1. The Bertz CT molecular complexity index is 774. The highest BCUT2D eigenvalue weighted by Crippen LogP contribution is 2.34. The van der Waals surface area contributed by atoms with E-state index in [2.05, 4.69) is 0 Å². The topological polar surface area (TPSA) is 42.2 Å². The van der Waals surface area contributed by atoms with Gasteiger partial charge in [0.15, 0.2) is 5.78 Å². The van der Waals surface area contributed by atoms with Crippen molar-refractivity contribution in [1.82, 2.24) is 4.57 Å². The Labute approximate surface area is 123 Å². The highest BCUT2D eigenvalue weighted by molar-refractivity contribution is 6.03. The number of nitrogens with zero attached hydrogens (tertiary/aromatic N) is 1. The van der Waals surface area contributed by atoms with Gasteiger partial charge in [-0.2, -0.15) is 0 Å². The van der Waals surface area contributed by atoms with Gasteiger partial charge in [0, 0.05) is 17.4 Å². The summed E-state index contributed by atoms with van der Waals surface area (Å²) in [6, 6.07) is 19.1. The van der Waals surface area contributed by atoms with Crippen LogP contribution in [0.2, 0.25) is 0 Å². The minimum absolute atomic E-state index is 0.0208. The fourth-order valence-electron chi connectivity index (χ4n) is 2.46. The summed E-state index contributed by atoms with van der Waals surface area (Å²) in [5.74, 6) is -0.173. The molecule has 0 bridgehead atoms. The van der Waals surface area contributed by atoms with Crippen molar-refractivity contribution in [3.8, 4) is 22.7 Å². The van der Waals surface area contributed by atoms with E-state index < -0.39 is 0 Å². The summed E-state index contributed by atoms with van der Waals surface area (Å²) in [6.07, 6.45) is 1.80. The molecule has 104 valence electrons. The number of hydrogen-bond acceptors (Lipinski definition) is 2. The van der Waals surface area contributed by atoms with Gasteiger partial charge in [0.05, 0.1) is 5.56 Å². The maximum absolute atomic E-state index is 11.9. The number of rotatable bonds is 3. The number of aromatic hydroxyl groups is 1. The predicted molar refractivity (Wildman–Crippen MR) is 82.9 cm³/mol. The fourth-order valence-corrected chi connectivity index (χ4v) is 2.46. The van der Waals surface area contributed by atoms with E-state index in [-0.39, 0.29) is 11.7 Å². The Hall–Kier alpha value is -2.81. The Kier molecular flexibility index (Phi) is 3.32. The average Bonchev–Trinajstić information content (AvgIpc) is 2.87. The molecule has 0 saturated carbocycles. The summed E-state index contributed by atoms with van der Waals surface area (Å²) in [7, 11) is 0. The number of carbonyl (C=O) groups excluding carboxylic acids is 1. The maximum atomic E-state index is 11.9. The van der Waals surface area contributed by atoms with Gasteiger partial charge in [0.1, 0.15) is 0 Å². The molecule has 0 radical (unpaired) electrons. The summed E-state index contributed by atoms with van der Waals surface area (Å²) in [5.41, 5.74) is 2.82. The van der Waals surface area contributed by atoms with Gasteiger partial charge >= 0.3 is 0 Å². The predicted octanol–water partition coefficient (Wildman–Crippen LogP) is 4.05. The maximum Gasteiger partial charge on any atom is 0.207 e. The molecule has 3 nitrogen and oxygen atoms in total. The largest absolute Gasteiger partial charge is 0.494 e. The molecular weight excluding hydrogens is 262 g/mol. The number of para-hydroxylation sites is 1. The second-order valence-electron chi connectivity index (χ2n) is 4.87. The molecular formula is C18H15NO2. The van der Waals surface area contributed by atoms with Crippen LogP contribution in [0.1, 0.15) is 17.3 Å². The number of ketones is 1. The van der Waals surface area contributed by atoms with E-state index in [0.29, 0.717) is 5.56 Å². The Balaban J connectivity index is 2.24. The van der Waals surface area contributed by atoms with Gasteiger partial charge in [0.25, 0.3) is 0 Å². The van der Waals surface area contributed by atoms with Crippen molar-refractivity contribution in [2.75, 3.05) is 0 Å². The minimum atomic E-state index is -0.152. The summed E-state index contributed by atoms with van der Waals surface area (Å²) in [5, 5.41) is 10.4. The van der Waals surface area contributed by atoms with Crippen LogP contribution in [0, 0.1) is 0 Å². The van der Waals surface area contributed by atoms with Gasteiger partial charge < -0.3 is 5.11 Å². The Morgan fingerprint density at radius 1 is 0.952 bits per heavy atom. The third kappa shape index (κ3) is 2.34. The van der Waals surface area contributed by atoms with E-state index in [9.17, 15) is 9.90 Å². The van der Waals surface area contributed by atoms with Crippen LogP contribution in [-0.4, -0.2) is 15.5 Å². The fraction of sp³-hybridized carbons (Fsp3) is 0.0556. The minimum Gasteiger partial charge on any atom is -0.494 e. The van der Waals surface area contributed by atoms with Crippen molar-refractivity contribution in [2.45, 2.75) is 6.92 Å². The third-order valence-corrected chi connectivity index (χ3v) is 3.45. The molecule has 3 heteroatoms. The zero-order valence-electron chi connectivity index (χ0n) is 11.7. The molecule has 0 aliphatic heterocycles. The molecule has 0 atom stereocenters. The molecule has 0 saturated heterocycles. The van der Waals surface area contributed by atoms with E-state index in [1.165, 1.54) is 6.92 Å². The standard InChI is InChI=1S/C18H15NO2/c1-13(20)17-16(14-8-4-2-5-9-14)12-19(18(17)21)15-10-6-3-7-11-15/h2-12,21H,1H3. The Morgan fingerprint density at radius 3 is 2.10 bits per heavy atom. The lowest BCUT2D eigenvalue weighted by Gasteiger charge is -2.04. The molecule has 3 rings (SSSR count). The van der Waals surface area contributed by atoms with Crippen LogP contribution in [-0.2, 0) is 0 Å². The lowest BCUT2D eigenvalue weighted by molar-refractivity contribution is 0.101. The lowest BCUT2D eigenvalue weighted by atomic mass is 10.0. The number of benzene rings is 2. The van der Waals surface area contributed by atoms with Crippen LogP contribution in [0.25, 0.3) is 16.8 Å². The normalized spacial score (nSPS) is 10.5. The van der Waals surface area contributed by atoms with Crippen molar-refractivity contribution in [1.29, 1.82) is 0 Å². The molecule has 0 aliphatic rings. The monoisotopic (exact) mass is 277 g/mol. The first-order valence-corrected chi connectivity index (χ1v) is 6.74. The zero-order chi connectivity index (χ0) is 14.8. The second kappa shape index (κ2) is 5.29. The van der Waals surface area contributed by atoms with E-state index >= 15 is 0 Å². The van der Waals surface area contributed by atoms with Gasteiger partial charge in [-0.3, -0.25) is 9.36 Å². The number of aromatic nitrogens is 1. The molecule has 21 heavy (non-hydrogen) atoms. The van der Waals surface area contributed by atoms with Crippen LogP contribution in [0.4, 0.5) is 0 Å². The summed E-state index contributed by atoms with van der Waals surface area (Å²) in [4.78, 5) is 11.9. The zero-order valence-corrected chi connectivity index (χ0v) is 11.7. The molecule has 0 spiro atoms. The van der Waals surface area contributed by atoms with Gasteiger partial charge in [0.2, 0.25) is 5.88 Å². The first kappa shape index (κ1) is 13.2. The first-order valence-electron chi connectivity index (χ1n) is 6.74. The number of Topliss-reactive ketones (excluding diaryl/α,β-unsaturated/α-hetero) is 1. The van der Waals surface area contributed by atoms with Crippen LogP contribution >= 0.6 is 0 Å². The van der Waals surface area contributed by atoms with Crippen LogP contribution in [0.5, 0.6) is 5.88 Å². The molecule has 1 aromatic heterocycles. The molecule has 0 unspecified atom stereocenters. The quantitative estimate of drug-likeness (QED) is 0.734. The van der Waals surface area contributed by atoms with Crippen LogP contribution < -0.4 is 0 Å². The number of carbonyl (C=O) groups is 1. The molecule has 0 amide bonds. The van der Waals surface area contributed by atoms with Crippen LogP contribution in [0.3, 0.4) is 0 Å². The highest BCUT2D eigenvalue weighted by atomic mass is 16.3. The summed E-state index contributed by atoms with van der Waals surface area (Å²) < 4.78 is 1.64. The van der Waals surface area contributed by atoms with E-state index in [1.54, 1.807) is 10.8 Å². The van der Waals surface area contributed by atoms with Crippen molar-refractivity contribution in [2.24, 2.45) is 0 Å². The van der Waals surface area contributed by atoms with Gasteiger partial charge in [-0.1, -0.05) is 48.5 Å².